The summed E-state index contributed by atoms with van der Waals surface area (Å²) in [6, 6.07) is 6.56. The van der Waals surface area contributed by atoms with Crippen LogP contribution in [0.15, 0.2) is 29.2 Å². The molecule has 1 unspecified atom stereocenters. The Morgan fingerprint density at radius 1 is 0.962 bits per heavy atom. The molecule has 0 saturated carbocycles. The molecule has 0 aliphatic carbocycles. The second-order valence-corrected chi connectivity index (χ2v) is 8.54. The summed E-state index contributed by atoms with van der Waals surface area (Å²) in [4.78, 5) is 0.132. The van der Waals surface area contributed by atoms with Crippen molar-refractivity contribution in [1.29, 1.82) is 0 Å². The van der Waals surface area contributed by atoms with Crippen molar-refractivity contribution in [3.8, 4) is 0 Å². The third-order valence-corrected chi connectivity index (χ3v) is 6.34. The van der Waals surface area contributed by atoms with Crippen molar-refractivity contribution >= 4 is 10.1 Å². The van der Waals surface area contributed by atoms with E-state index in [1.165, 1.54) is 0 Å². The van der Waals surface area contributed by atoms with Gasteiger partial charge in [-0.15, -0.1) is 0 Å². The van der Waals surface area contributed by atoms with E-state index in [0.717, 1.165) is 24.8 Å². The van der Waals surface area contributed by atoms with Crippen LogP contribution in [0.1, 0.15) is 24.8 Å². The summed E-state index contributed by atoms with van der Waals surface area (Å²) in [6.07, 6.45) is 1.02. The molecule has 7 nitrogen and oxygen atoms in total. The van der Waals surface area contributed by atoms with Crippen molar-refractivity contribution < 1.29 is 31.5 Å². The Bertz CT molecular complexity index is 712. The van der Waals surface area contributed by atoms with Crippen LogP contribution in [0.4, 0.5) is 0 Å². The highest BCUT2D eigenvalue weighted by Gasteiger charge is 2.51. The number of fused-ring (bicyclic) bond motifs is 1. The molecule has 1 aromatic rings. The zero-order valence-electron chi connectivity index (χ0n) is 14.7. The minimum absolute atomic E-state index is 0.132. The van der Waals surface area contributed by atoms with E-state index in [1.807, 2.05) is 6.92 Å². The molecule has 8 heteroatoms. The molecule has 0 N–H and O–H groups in total. The topological polar surface area (TPSA) is 80.3 Å². The van der Waals surface area contributed by atoms with E-state index < -0.39 is 22.3 Å². The van der Waals surface area contributed by atoms with Crippen molar-refractivity contribution in [2.75, 3.05) is 19.8 Å². The average Bonchev–Trinajstić information content (AvgIpc) is 3.20. The van der Waals surface area contributed by atoms with Gasteiger partial charge >= 0.3 is 0 Å². The maximum atomic E-state index is 12.5. The lowest BCUT2D eigenvalue weighted by Crippen LogP contribution is -2.38. The van der Waals surface area contributed by atoms with Gasteiger partial charge in [0.25, 0.3) is 10.1 Å². The van der Waals surface area contributed by atoms with Crippen LogP contribution in [0.25, 0.3) is 0 Å². The van der Waals surface area contributed by atoms with Gasteiger partial charge in [-0.3, -0.25) is 4.18 Å². The van der Waals surface area contributed by atoms with Crippen LogP contribution >= 0.6 is 0 Å². The summed E-state index contributed by atoms with van der Waals surface area (Å²) in [5.74, 6) is 0. The van der Waals surface area contributed by atoms with E-state index in [-0.39, 0.29) is 30.0 Å². The summed E-state index contributed by atoms with van der Waals surface area (Å²) >= 11 is 0. The molecule has 1 aromatic carbocycles. The van der Waals surface area contributed by atoms with Gasteiger partial charge < -0.3 is 18.9 Å². The quantitative estimate of drug-likeness (QED) is 0.716. The smallest absolute Gasteiger partial charge is 0.297 e. The molecule has 5 atom stereocenters. The Morgan fingerprint density at radius 3 is 2.35 bits per heavy atom. The van der Waals surface area contributed by atoms with E-state index >= 15 is 0 Å². The van der Waals surface area contributed by atoms with Gasteiger partial charge in [0.1, 0.15) is 24.4 Å². The third kappa shape index (κ3) is 3.81. The highest BCUT2D eigenvalue weighted by molar-refractivity contribution is 7.86. The number of hydrogen-bond donors (Lipinski definition) is 0. The first-order valence-corrected chi connectivity index (χ1v) is 10.4. The predicted octanol–water partition coefficient (Wildman–Crippen LogP) is 1.78. The van der Waals surface area contributed by atoms with Crippen LogP contribution in [0.2, 0.25) is 0 Å². The maximum absolute atomic E-state index is 12.5. The Kier molecular flexibility index (Phi) is 5.31. The van der Waals surface area contributed by atoms with Crippen LogP contribution in [-0.2, 0) is 33.2 Å². The van der Waals surface area contributed by atoms with Gasteiger partial charge in [-0.1, -0.05) is 17.7 Å². The van der Waals surface area contributed by atoms with E-state index in [1.54, 1.807) is 24.3 Å². The molecular weight excluding hydrogens is 360 g/mol. The van der Waals surface area contributed by atoms with Crippen LogP contribution in [-0.4, -0.2) is 58.9 Å². The Balaban J connectivity index is 1.38. The van der Waals surface area contributed by atoms with Crippen molar-refractivity contribution in [2.24, 2.45) is 0 Å². The highest BCUT2D eigenvalue weighted by Crippen LogP contribution is 2.33. The molecule has 3 saturated heterocycles. The van der Waals surface area contributed by atoms with Gasteiger partial charge in [-0.25, -0.2) is 0 Å². The average molecular weight is 384 g/mol. The summed E-state index contributed by atoms with van der Waals surface area (Å²) in [7, 11) is -3.87. The second-order valence-electron chi connectivity index (χ2n) is 6.97. The monoisotopic (exact) mass is 384 g/mol. The number of ether oxygens (including phenoxy) is 4. The van der Waals surface area contributed by atoms with Gasteiger partial charge in [0.05, 0.1) is 18.1 Å². The normalized spacial score (nSPS) is 34.7. The molecular formula is C18H24O7S. The summed E-state index contributed by atoms with van der Waals surface area (Å²) in [6.45, 7) is 3.11. The fraction of sp³-hybridized carbons (Fsp3) is 0.667. The number of rotatable bonds is 5. The Morgan fingerprint density at radius 2 is 1.65 bits per heavy atom. The largest absolute Gasteiger partial charge is 0.370 e. The first-order valence-electron chi connectivity index (χ1n) is 9.03. The van der Waals surface area contributed by atoms with Crippen LogP contribution in [0, 0.1) is 6.92 Å². The van der Waals surface area contributed by atoms with Crippen molar-refractivity contribution in [2.45, 2.75) is 61.8 Å². The van der Waals surface area contributed by atoms with Crippen molar-refractivity contribution in [3.05, 3.63) is 29.8 Å². The lowest BCUT2D eigenvalue weighted by atomic mass is 10.1. The summed E-state index contributed by atoms with van der Waals surface area (Å²) < 4.78 is 53.5. The zero-order chi connectivity index (χ0) is 18.1. The Labute approximate surface area is 153 Å². The molecule has 0 aromatic heterocycles. The molecule has 0 bridgehead atoms. The van der Waals surface area contributed by atoms with Gasteiger partial charge in [0.15, 0.2) is 6.29 Å². The van der Waals surface area contributed by atoms with Crippen LogP contribution < -0.4 is 0 Å². The summed E-state index contributed by atoms with van der Waals surface area (Å²) in [5, 5.41) is 0. The lowest BCUT2D eigenvalue weighted by molar-refractivity contribution is -0.202. The molecule has 0 radical (unpaired) electrons. The molecule has 4 rings (SSSR count). The molecule has 0 amide bonds. The summed E-state index contributed by atoms with van der Waals surface area (Å²) in [5.41, 5.74) is 0.984. The predicted molar refractivity (Wildman–Crippen MR) is 91.2 cm³/mol. The molecule has 3 fully saturated rings. The minimum Gasteiger partial charge on any atom is -0.370 e. The first kappa shape index (κ1) is 18.3. The van der Waals surface area contributed by atoms with Gasteiger partial charge in [-0.2, -0.15) is 8.42 Å². The number of aryl methyl sites for hydroxylation is 1. The molecule has 26 heavy (non-hydrogen) atoms. The van der Waals surface area contributed by atoms with E-state index in [2.05, 4.69) is 0 Å². The van der Waals surface area contributed by atoms with Gasteiger partial charge in [0.2, 0.25) is 0 Å². The fourth-order valence-corrected chi connectivity index (χ4v) is 4.64. The number of hydrogen-bond acceptors (Lipinski definition) is 7. The molecule has 3 heterocycles. The molecule has 144 valence electrons. The van der Waals surface area contributed by atoms with E-state index in [4.69, 9.17) is 23.1 Å². The van der Waals surface area contributed by atoms with E-state index in [0.29, 0.717) is 13.2 Å². The second kappa shape index (κ2) is 7.53. The Hall–Kier alpha value is -1.03. The van der Waals surface area contributed by atoms with E-state index in [9.17, 15) is 8.42 Å². The first-order chi connectivity index (χ1) is 12.5. The van der Waals surface area contributed by atoms with Crippen molar-refractivity contribution in [3.63, 3.8) is 0 Å². The fourth-order valence-electron chi connectivity index (χ4n) is 3.56. The van der Waals surface area contributed by atoms with Gasteiger partial charge in [-0.05, 0) is 38.3 Å². The molecule has 3 aliphatic rings. The molecule has 3 aliphatic heterocycles. The highest BCUT2D eigenvalue weighted by atomic mass is 32.2. The third-order valence-electron chi connectivity index (χ3n) is 4.99. The SMILES string of the molecule is Cc1ccc(S(=O)(=O)O[C@@H]2CO[C@H]3[C@@H]2OC[C@@H]3OC2CCCCO2)cc1. The zero-order valence-corrected chi connectivity index (χ0v) is 15.5. The van der Waals surface area contributed by atoms with Crippen LogP contribution in [0.3, 0.4) is 0 Å². The number of benzene rings is 1. The standard InChI is InChI=1S/C18H24O7S/c1-12-5-7-13(8-6-12)26(19,20)25-15-11-23-17-14(10-22-18(15)17)24-16-4-2-3-9-21-16/h5-8,14-18H,2-4,9-11H2,1H3/t14-,15+,16?,17+,18+/m0/s1. The van der Waals surface area contributed by atoms with Gasteiger partial charge in [0, 0.05) is 6.61 Å². The maximum Gasteiger partial charge on any atom is 0.297 e. The molecule has 0 spiro atoms. The minimum atomic E-state index is -3.87. The van der Waals surface area contributed by atoms with Crippen LogP contribution in [0.5, 0.6) is 0 Å². The van der Waals surface area contributed by atoms with Crippen molar-refractivity contribution in [1.82, 2.24) is 0 Å². The lowest BCUT2D eigenvalue weighted by Gasteiger charge is -2.27.